The Morgan fingerprint density at radius 2 is 1.96 bits per heavy atom. The molecule has 1 aromatic carbocycles. The molecule has 0 atom stereocenters. The zero-order valence-corrected chi connectivity index (χ0v) is 14.1. The molecule has 130 valence electrons. The van der Waals surface area contributed by atoms with E-state index in [0.717, 1.165) is 18.4 Å². The standard InChI is InChI=1S/C18H20N4O3/c1-25-10-9-21-17(23)15-16(22(18(21)24)14-7-8-14)19-12-20(15)11-13-5-3-2-4-6-13/h2-6,12,14H,7-11H2,1H3. The molecule has 0 bridgehead atoms. The third kappa shape index (κ3) is 2.80. The van der Waals surface area contributed by atoms with Crippen molar-refractivity contribution in [1.29, 1.82) is 0 Å². The highest BCUT2D eigenvalue weighted by Crippen LogP contribution is 2.34. The van der Waals surface area contributed by atoms with Crippen LogP contribution in [0, 0.1) is 0 Å². The molecule has 4 rings (SSSR count). The van der Waals surface area contributed by atoms with Gasteiger partial charge in [-0.15, -0.1) is 0 Å². The second kappa shape index (κ2) is 6.33. The van der Waals surface area contributed by atoms with Gasteiger partial charge in [-0.2, -0.15) is 0 Å². The lowest BCUT2D eigenvalue weighted by Crippen LogP contribution is -2.41. The fourth-order valence-corrected chi connectivity index (χ4v) is 3.14. The summed E-state index contributed by atoms with van der Waals surface area (Å²) in [7, 11) is 1.56. The van der Waals surface area contributed by atoms with Crippen LogP contribution in [-0.4, -0.2) is 32.4 Å². The number of aromatic nitrogens is 4. The number of benzene rings is 1. The quantitative estimate of drug-likeness (QED) is 0.680. The van der Waals surface area contributed by atoms with Crippen molar-refractivity contribution >= 4 is 11.2 Å². The van der Waals surface area contributed by atoms with Gasteiger partial charge in [0.25, 0.3) is 5.56 Å². The largest absolute Gasteiger partial charge is 0.383 e. The van der Waals surface area contributed by atoms with Crippen molar-refractivity contribution in [1.82, 2.24) is 18.7 Å². The summed E-state index contributed by atoms with van der Waals surface area (Å²) in [4.78, 5) is 30.1. The summed E-state index contributed by atoms with van der Waals surface area (Å²) in [6, 6.07) is 10.0. The van der Waals surface area contributed by atoms with Crippen molar-refractivity contribution in [3.8, 4) is 0 Å². The lowest BCUT2D eigenvalue weighted by Gasteiger charge is -2.11. The minimum absolute atomic E-state index is 0.143. The molecule has 1 saturated carbocycles. The van der Waals surface area contributed by atoms with E-state index in [0.29, 0.717) is 24.3 Å². The van der Waals surface area contributed by atoms with Crippen molar-refractivity contribution in [2.75, 3.05) is 13.7 Å². The van der Waals surface area contributed by atoms with Crippen molar-refractivity contribution in [3.63, 3.8) is 0 Å². The molecule has 0 aliphatic heterocycles. The number of ether oxygens (including phenoxy) is 1. The van der Waals surface area contributed by atoms with Crippen LogP contribution in [0.4, 0.5) is 0 Å². The molecule has 0 saturated heterocycles. The van der Waals surface area contributed by atoms with Gasteiger partial charge in [0, 0.05) is 19.7 Å². The van der Waals surface area contributed by atoms with Gasteiger partial charge < -0.3 is 9.30 Å². The number of imidazole rings is 1. The Balaban J connectivity index is 1.90. The summed E-state index contributed by atoms with van der Waals surface area (Å²) in [5, 5.41) is 0. The Hall–Kier alpha value is -2.67. The van der Waals surface area contributed by atoms with Crippen LogP contribution in [0.15, 0.2) is 46.2 Å². The number of rotatable bonds is 6. The average Bonchev–Trinajstić information content (AvgIpc) is 3.37. The summed E-state index contributed by atoms with van der Waals surface area (Å²) in [6.45, 7) is 1.10. The van der Waals surface area contributed by atoms with Crippen LogP contribution in [0.25, 0.3) is 11.2 Å². The van der Waals surface area contributed by atoms with Crippen molar-refractivity contribution in [3.05, 3.63) is 63.1 Å². The molecule has 7 nitrogen and oxygen atoms in total. The number of nitrogens with zero attached hydrogens (tertiary/aromatic N) is 4. The van der Waals surface area contributed by atoms with E-state index in [1.807, 2.05) is 34.9 Å². The third-order valence-corrected chi connectivity index (χ3v) is 4.56. The maximum atomic E-state index is 13.0. The summed E-state index contributed by atoms with van der Waals surface area (Å²) in [5.41, 5.74) is 1.45. The van der Waals surface area contributed by atoms with Crippen LogP contribution >= 0.6 is 0 Å². The van der Waals surface area contributed by atoms with Crippen LogP contribution in [0.2, 0.25) is 0 Å². The average molecular weight is 340 g/mol. The lowest BCUT2D eigenvalue weighted by atomic mass is 10.2. The normalized spacial score (nSPS) is 14.3. The number of fused-ring (bicyclic) bond motifs is 1. The first-order valence-electron chi connectivity index (χ1n) is 8.43. The molecule has 3 aromatic rings. The SMILES string of the molecule is COCCn1c(=O)c2c(ncn2Cc2ccccc2)n(C2CC2)c1=O. The van der Waals surface area contributed by atoms with E-state index in [-0.39, 0.29) is 23.8 Å². The van der Waals surface area contributed by atoms with Crippen LogP contribution < -0.4 is 11.2 Å². The zero-order chi connectivity index (χ0) is 17.4. The molecule has 0 amide bonds. The smallest absolute Gasteiger partial charge is 0.333 e. The van der Waals surface area contributed by atoms with Crippen LogP contribution in [0.3, 0.4) is 0 Å². The maximum absolute atomic E-state index is 13.0. The number of methoxy groups -OCH3 is 1. The predicted molar refractivity (Wildman–Crippen MR) is 93.9 cm³/mol. The van der Waals surface area contributed by atoms with Gasteiger partial charge in [0.1, 0.15) is 0 Å². The second-order valence-electron chi connectivity index (χ2n) is 6.36. The monoisotopic (exact) mass is 340 g/mol. The van der Waals surface area contributed by atoms with Crippen molar-refractivity contribution < 1.29 is 4.74 Å². The van der Waals surface area contributed by atoms with Crippen LogP contribution in [0.1, 0.15) is 24.4 Å². The minimum Gasteiger partial charge on any atom is -0.383 e. The van der Waals surface area contributed by atoms with E-state index in [4.69, 9.17) is 4.74 Å². The van der Waals surface area contributed by atoms with E-state index in [2.05, 4.69) is 4.98 Å². The van der Waals surface area contributed by atoms with Gasteiger partial charge in [0.15, 0.2) is 11.2 Å². The Kier molecular flexibility index (Phi) is 4.01. The minimum atomic E-state index is -0.303. The molecule has 1 fully saturated rings. The van der Waals surface area contributed by atoms with E-state index in [1.165, 1.54) is 4.57 Å². The maximum Gasteiger partial charge on any atom is 0.333 e. The fraction of sp³-hybridized carbons (Fsp3) is 0.389. The fourth-order valence-electron chi connectivity index (χ4n) is 3.14. The van der Waals surface area contributed by atoms with E-state index in [9.17, 15) is 9.59 Å². The number of hydrogen-bond donors (Lipinski definition) is 0. The van der Waals surface area contributed by atoms with Crippen LogP contribution in [-0.2, 0) is 17.8 Å². The van der Waals surface area contributed by atoms with Gasteiger partial charge in [0.2, 0.25) is 0 Å². The highest BCUT2D eigenvalue weighted by atomic mass is 16.5. The first-order chi connectivity index (χ1) is 12.2. The Labute approximate surface area is 144 Å². The molecular weight excluding hydrogens is 320 g/mol. The van der Waals surface area contributed by atoms with Gasteiger partial charge in [-0.05, 0) is 18.4 Å². The first-order valence-corrected chi connectivity index (χ1v) is 8.43. The van der Waals surface area contributed by atoms with Gasteiger partial charge >= 0.3 is 5.69 Å². The summed E-state index contributed by atoms with van der Waals surface area (Å²) < 4.78 is 9.83. The highest BCUT2D eigenvalue weighted by molar-refractivity contribution is 5.70. The highest BCUT2D eigenvalue weighted by Gasteiger charge is 2.30. The molecule has 0 unspecified atom stereocenters. The van der Waals surface area contributed by atoms with Gasteiger partial charge in [-0.25, -0.2) is 9.78 Å². The van der Waals surface area contributed by atoms with Gasteiger partial charge in [-0.3, -0.25) is 13.9 Å². The molecular formula is C18H20N4O3. The van der Waals surface area contributed by atoms with E-state index >= 15 is 0 Å². The topological polar surface area (TPSA) is 71.1 Å². The lowest BCUT2D eigenvalue weighted by molar-refractivity contribution is 0.184. The molecule has 25 heavy (non-hydrogen) atoms. The molecule has 0 spiro atoms. The Morgan fingerprint density at radius 3 is 2.64 bits per heavy atom. The molecule has 7 heteroatoms. The van der Waals surface area contributed by atoms with Gasteiger partial charge in [0.05, 0.1) is 19.5 Å². The number of hydrogen-bond acceptors (Lipinski definition) is 4. The summed E-state index contributed by atoms with van der Waals surface area (Å²) in [5.74, 6) is 0. The second-order valence-corrected chi connectivity index (χ2v) is 6.36. The molecule has 1 aliphatic carbocycles. The molecule has 0 radical (unpaired) electrons. The Bertz CT molecular complexity index is 1010. The third-order valence-electron chi connectivity index (χ3n) is 4.56. The van der Waals surface area contributed by atoms with E-state index < -0.39 is 0 Å². The predicted octanol–water partition coefficient (Wildman–Crippen LogP) is 1.39. The summed E-state index contributed by atoms with van der Waals surface area (Å²) in [6.07, 6.45) is 3.55. The van der Waals surface area contributed by atoms with E-state index in [1.54, 1.807) is 18.0 Å². The molecule has 1 aliphatic rings. The van der Waals surface area contributed by atoms with Crippen LogP contribution in [0.5, 0.6) is 0 Å². The Morgan fingerprint density at radius 1 is 1.20 bits per heavy atom. The summed E-state index contributed by atoms with van der Waals surface area (Å²) >= 11 is 0. The zero-order valence-electron chi connectivity index (χ0n) is 14.1. The molecule has 2 aromatic heterocycles. The molecule has 0 N–H and O–H groups in total. The van der Waals surface area contributed by atoms with Gasteiger partial charge in [-0.1, -0.05) is 30.3 Å². The van der Waals surface area contributed by atoms with Crippen molar-refractivity contribution in [2.24, 2.45) is 0 Å². The first kappa shape index (κ1) is 15.8. The van der Waals surface area contributed by atoms with Crippen molar-refractivity contribution in [2.45, 2.75) is 32.0 Å². The molecule has 2 heterocycles.